The summed E-state index contributed by atoms with van der Waals surface area (Å²) in [5.74, 6) is -0.171. The summed E-state index contributed by atoms with van der Waals surface area (Å²) in [4.78, 5) is 21.8. The summed E-state index contributed by atoms with van der Waals surface area (Å²) < 4.78 is 2.18. The first kappa shape index (κ1) is 13.1. The normalized spacial score (nSPS) is 18.8. The van der Waals surface area contributed by atoms with Gasteiger partial charge in [-0.1, -0.05) is 9.39 Å². The van der Waals surface area contributed by atoms with Gasteiger partial charge in [0.2, 0.25) is 11.8 Å². The lowest BCUT2D eigenvalue weighted by Crippen LogP contribution is -2.29. The molecule has 0 radical (unpaired) electrons. The van der Waals surface area contributed by atoms with Gasteiger partial charge in [0.1, 0.15) is 0 Å². The van der Waals surface area contributed by atoms with Crippen molar-refractivity contribution in [3.63, 3.8) is 0 Å². The molecular formula is C10H18N3O2P. The van der Waals surface area contributed by atoms with Crippen LogP contribution in [0, 0.1) is 5.92 Å². The highest BCUT2D eigenvalue weighted by atomic mass is 31.0. The molecule has 1 aliphatic rings. The Morgan fingerprint density at radius 3 is 2.62 bits per heavy atom. The van der Waals surface area contributed by atoms with Gasteiger partial charge < -0.3 is 11.1 Å². The maximum Gasteiger partial charge on any atom is 0.242 e. The van der Waals surface area contributed by atoms with E-state index in [1.54, 1.807) is 0 Å². The van der Waals surface area contributed by atoms with E-state index >= 15 is 0 Å². The van der Waals surface area contributed by atoms with E-state index in [0.717, 1.165) is 32.0 Å². The zero-order valence-corrected chi connectivity index (χ0v) is 10.3. The Labute approximate surface area is 97.7 Å². The highest BCUT2D eigenvalue weighted by Crippen LogP contribution is 2.21. The predicted octanol–water partition coefficient (Wildman–Crippen LogP) is -0.00620. The molecule has 1 aliphatic heterocycles. The van der Waals surface area contributed by atoms with Gasteiger partial charge in [0.25, 0.3) is 0 Å². The summed E-state index contributed by atoms with van der Waals surface area (Å²) in [6.07, 6.45) is 5.03. The predicted molar refractivity (Wildman–Crippen MR) is 65.1 cm³/mol. The van der Waals surface area contributed by atoms with E-state index in [1.807, 2.05) is 0 Å². The third-order valence-electron chi connectivity index (χ3n) is 2.62. The van der Waals surface area contributed by atoms with Gasteiger partial charge in [-0.2, -0.15) is 0 Å². The van der Waals surface area contributed by atoms with E-state index in [9.17, 15) is 9.59 Å². The van der Waals surface area contributed by atoms with Crippen LogP contribution in [0.4, 0.5) is 0 Å². The lowest BCUT2D eigenvalue weighted by Gasteiger charge is -2.28. The Morgan fingerprint density at radius 1 is 1.44 bits per heavy atom. The number of piperidine rings is 1. The monoisotopic (exact) mass is 243 g/mol. The van der Waals surface area contributed by atoms with E-state index in [1.165, 1.54) is 6.20 Å². The standard InChI is InChI=1S/C10H18N3O2P/c11-9(14)1-4-12-10(15)7-8-2-5-13(16)6-3-8/h1,4,8H,2-3,5-7,16H2,(H2,11,14)(H,12,15)/b4-1+. The summed E-state index contributed by atoms with van der Waals surface area (Å²) in [7, 11) is 2.68. The molecule has 0 aromatic rings. The lowest BCUT2D eigenvalue weighted by molar-refractivity contribution is -0.121. The molecular weight excluding hydrogens is 225 g/mol. The van der Waals surface area contributed by atoms with Gasteiger partial charge in [-0.15, -0.1) is 0 Å². The van der Waals surface area contributed by atoms with Crippen molar-refractivity contribution in [3.8, 4) is 0 Å². The summed E-state index contributed by atoms with van der Waals surface area (Å²) in [5.41, 5.74) is 4.89. The zero-order valence-electron chi connectivity index (χ0n) is 9.19. The first-order chi connectivity index (χ1) is 7.58. The van der Waals surface area contributed by atoms with Crippen LogP contribution in [0.15, 0.2) is 12.3 Å². The van der Waals surface area contributed by atoms with Crippen molar-refractivity contribution < 1.29 is 9.59 Å². The zero-order chi connectivity index (χ0) is 12.0. The van der Waals surface area contributed by atoms with Crippen molar-refractivity contribution in [1.29, 1.82) is 0 Å². The van der Waals surface area contributed by atoms with Gasteiger partial charge in [0.05, 0.1) is 0 Å². The van der Waals surface area contributed by atoms with Crippen LogP contribution < -0.4 is 11.1 Å². The van der Waals surface area contributed by atoms with Crippen LogP contribution in [0.3, 0.4) is 0 Å². The number of amides is 2. The first-order valence-corrected chi connectivity index (χ1v) is 5.84. The number of nitrogens with zero attached hydrogens (tertiary/aromatic N) is 1. The second-order valence-corrected chi connectivity index (χ2v) is 4.72. The molecule has 0 bridgehead atoms. The average molecular weight is 243 g/mol. The second kappa shape index (κ2) is 6.61. The molecule has 1 heterocycles. The molecule has 90 valence electrons. The molecule has 3 N–H and O–H groups in total. The van der Waals surface area contributed by atoms with E-state index < -0.39 is 5.91 Å². The summed E-state index contributed by atoms with van der Waals surface area (Å²) in [5, 5.41) is 2.53. The molecule has 0 saturated carbocycles. The first-order valence-electron chi connectivity index (χ1n) is 5.33. The van der Waals surface area contributed by atoms with Crippen molar-refractivity contribution in [2.45, 2.75) is 19.3 Å². The maximum absolute atomic E-state index is 11.4. The number of carbonyl (C=O) groups excluding carboxylic acids is 2. The van der Waals surface area contributed by atoms with Crippen LogP contribution in [0.25, 0.3) is 0 Å². The molecule has 16 heavy (non-hydrogen) atoms. The Hall–Kier alpha value is -0.930. The lowest BCUT2D eigenvalue weighted by atomic mass is 9.94. The van der Waals surface area contributed by atoms with E-state index in [2.05, 4.69) is 19.4 Å². The minimum Gasteiger partial charge on any atom is -0.366 e. The van der Waals surface area contributed by atoms with E-state index in [-0.39, 0.29) is 5.91 Å². The maximum atomic E-state index is 11.4. The molecule has 1 rings (SSSR count). The minimum absolute atomic E-state index is 0.0558. The van der Waals surface area contributed by atoms with Gasteiger partial charge >= 0.3 is 0 Å². The van der Waals surface area contributed by atoms with E-state index in [4.69, 9.17) is 5.73 Å². The Morgan fingerprint density at radius 2 is 2.06 bits per heavy atom. The van der Waals surface area contributed by atoms with Gasteiger partial charge in [0.15, 0.2) is 0 Å². The fourth-order valence-electron chi connectivity index (χ4n) is 1.69. The minimum atomic E-state index is -0.559. The molecule has 1 saturated heterocycles. The second-order valence-electron chi connectivity index (χ2n) is 3.99. The molecule has 0 aromatic carbocycles. The SMILES string of the molecule is NC(=O)/C=C/NC(=O)CC1CCN(P)CC1. The molecule has 5 nitrogen and oxygen atoms in total. The fraction of sp³-hybridized carbons (Fsp3) is 0.600. The molecule has 6 heteroatoms. The Kier molecular flexibility index (Phi) is 5.43. The van der Waals surface area contributed by atoms with Crippen LogP contribution in [-0.2, 0) is 9.59 Å². The van der Waals surface area contributed by atoms with Crippen molar-refractivity contribution in [2.75, 3.05) is 13.1 Å². The molecule has 0 aliphatic carbocycles. The van der Waals surface area contributed by atoms with Crippen molar-refractivity contribution in [1.82, 2.24) is 9.99 Å². The highest BCUT2D eigenvalue weighted by molar-refractivity contribution is 7.13. The number of rotatable bonds is 4. The molecule has 1 unspecified atom stereocenters. The molecule has 0 spiro atoms. The number of nitrogens with one attached hydrogen (secondary N) is 1. The van der Waals surface area contributed by atoms with Crippen LogP contribution in [0.2, 0.25) is 0 Å². The number of nitrogens with two attached hydrogens (primary N) is 1. The van der Waals surface area contributed by atoms with Gasteiger partial charge in [-0.05, 0) is 18.8 Å². The summed E-state index contributed by atoms with van der Waals surface area (Å²) in [6, 6.07) is 0. The molecule has 1 atom stereocenters. The Balaban J connectivity index is 2.21. The van der Waals surface area contributed by atoms with E-state index in [0.29, 0.717) is 12.3 Å². The molecule has 0 aromatic heterocycles. The molecule has 2 amide bonds. The van der Waals surface area contributed by atoms with Crippen molar-refractivity contribution >= 4 is 21.2 Å². The third-order valence-corrected chi connectivity index (χ3v) is 3.13. The van der Waals surface area contributed by atoms with Gasteiger partial charge in [0, 0.05) is 31.8 Å². The molecule has 1 fully saturated rings. The topological polar surface area (TPSA) is 75.4 Å². The fourth-order valence-corrected chi connectivity index (χ4v) is 1.99. The van der Waals surface area contributed by atoms with Gasteiger partial charge in [-0.25, -0.2) is 0 Å². The average Bonchev–Trinajstić information content (AvgIpc) is 2.21. The largest absolute Gasteiger partial charge is 0.366 e. The van der Waals surface area contributed by atoms with Crippen LogP contribution >= 0.6 is 9.39 Å². The smallest absolute Gasteiger partial charge is 0.242 e. The number of hydrogen-bond acceptors (Lipinski definition) is 3. The number of hydrogen-bond donors (Lipinski definition) is 2. The Bertz CT molecular complexity index is 286. The number of primary amides is 1. The van der Waals surface area contributed by atoms with Crippen molar-refractivity contribution in [2.24, 2.45) is 11.7 Å². The van der Waals surface area contributed by atoms with Crippen LogP contribution in [0.1, 0.15) is 19.3 Å². The number of carbonyl (C=O) groups is 2. The highest BCUT2D eigenvalue weighted by Gasteiger charge is 2.18. The quantitative estimate of drug-likeness (QED) is 0.539. The summed E-state index contributed by atoms with van der Waals surface area (Å²) >= 11 is 0. The third kappa shape index (κ3) is 5.24. The van der Waals surface area contributed by atoms with Gasteiger partial charge in [-0.3, -0.25) is 14.3 Å². The van der Waals surface area contributed by atoms with Crippen molar-refractivity contribution in [3.05, 3.63) is 12.3 Å². The summed E-state index contributed by atoms with van der Waals surface area (Å²) in [6.45, 7) is 2.03. The van der Waals surface area contributed by atoms with Crippen LogP contribution in [-0.4, -0.2) is 29.6 Å². The van der Waals surface area contributed by atoms with Crippen LogP contribution in [0.5, 0.6) is 0 Å².